The molecule has 2 N–H and O–H groups in total. The van der Waals surface area contributed by atoms with Crippen LogP contribution in [-0.2, 0) is 14.3 Å². The van der Waals surface area contributed by atoms with E-state index in [1.165, 1.54) is 23.1 Å². The summed E-state index contributed by atoms with van der Waals surface area (Å²) in [6.45, 7) is 3.61. The fraction of sp³-hybridized carbons (Fsp3) is 0.480. The zero-order valence-corrected chi connectivity index (χ0v) is 21.9. The number of morpholine rings is 1. The molecule has 0 radical (unpaired) electrons. The zero-order valence-electron chi connectivity index (χ0n) is 20.3. The molecule has 1 aromatic carbocycles. The lowest BCUT2D eigenvalue weighted by Gasteiger charge is -2.30. The molecule has 3 amide bonds. The summed E-state index contributed by atoms with van der Waals surface area (Å²) in [6, 6.07) is 6.60. The number of alkyl halides is 2. The Morgan fingerprint density at radius 1 is 1.27 bits per heavy atom. The summed E-state index contributed by atoms with van der Waals surface area (Å²) in [4.78, 5) is 42.0. The first kappa shape index (κ1) is 27.4. The number of hydrogen-bond acceptors (Lipinski definition) is 6. The number of thiophene rings is 1. The standard InChI is InChI=1S/C25H29ClF2N4O4S/c1-2-31(13-15-3-4-15)19(12-29-25(35)20-7-8-21(26)37-20)24(34)30-18-6-5-16(11-17(18)23(27)28)32-9-10-36-14-22(32)33/h5-8,11,15,19,23H,2-4,9-10,12-14H2,1H3,(H,29,35)(H,30,34)/t19-/m0/s1. The van der Waals surface area contributed by atoms with Gasteiger partial charge < -0.3 is 20.3 Å². The Labute approximate surface area is 222 Å². The van der Waals surface area contributed by atoms with Gasteiger partial charge in [-0.3, -0.25) is 19.3 Å². The van der Waals surface area contributed by atoms with E-state index in [1.807, 2.05) is 11.8 Å². The van der Waals surface area contributed by atoms with Gasteiger partial charge in [-0.15, -0.1) is 11.3 Å². The number of nitrogens with one attached hydrogen (secondary N) is 2. The number of nitrogens with zero attached hydrogens (tertiary/aromatic N) is 2. The number of carbonyl (C=O) groups is 3. The molecule has 1 saturated heterocycles. The average molecular weight is 555 g/mol. The van der Waals surface area contributed by atoms with Crippen LogP contribution in [0.5, 0.6) is 0 Å². The minimum absolute atomic E-state index is 0.00508. The van der Waals surface area contributed by atoms with Crippen LogP contribution in [0.4, 0.5) is 20.2 Å². The van der Waals surface area contributed by atoms with E-state index in [0.717, 1.165) is 24.2 Å². The second kappa shape index (κ2) is 12.3. The van der Waals surface area contributed by atoms with Crippen molar-refractivity contribution in [1.82, 2.24) is 10.2 Å². The zero-order chi connectivity index (χ0) is 26.5. The number of halogens is 3. The van der Waals surface area contributed by atoms with Crippen LogP contribution in [0, 0.1) is 5.92 Å². The van der Waals surface area contributed by atoms with Crippen LogP contribution in [0.3, 0.4) is 0 Å². The van der Waals surface area contributed by atoms with Crippen molar-refractivity contribution >= 4 is 52.0 Å². The van der Waals surface area contributed by atoms with Gasteiger partial charge >= 0.3 is 0 Å². The van der Waals surface area contributed by atoms with Gasteiger partial charge in [0.05, 0.1) is 15.8 Å². The molecule has 12 heteroatoms. The first-order valence-corrected chi connectivity index (χ1v) is 13.3. The van der Waals surface area contributed by atoms with Crippen LogP contribution < -0.4 is 15.5 Å². The Balaban J connectivity index is 1.52. The summed E-state index contributed by atoms with van der Waals surface area (Å²) in [7, 11) is 0. The molecular formula is C25H29ClF2N4O4S. The minimum atomic E-state index is -2.87. The number of rotatable bonds is 11. The third-order valence-corrected chi connectivity index (χ3v) is 7.65. The molecule has 1 aliphatic carbocycles. The van der Waals surface area contributed by atoms with Gasteiger partial charge in [0.15, 0.2) is 0 Å². The number of anilines is 2. The highest BCUT2D eigenvalue weighted by molar-refractivity contribution is 7.18. The van der Waals surface area contributed by atoms with Crippen LogP contribution >= 0.6 is 22.9 Å². The molecule has 1 atom stereocenters. The van der Waals surface area contributed by atoms with Gasteiger partial charge in [-0.25, -0.2) is 8.78 Å². The Bertz CT molecular complexity index is 1140. The second-order valence-corrected chi connectivity index (χ2v) is 10.7. The molecule has 2 aliphatic rings. The number of benzene rings is 1. The highest BCUT2D eigenvalue weighted by atomic mass is 35.5. The Morgan fingerprint density at radius 2 is 2.05 bits per heavy atom. The van der Waals surface area contributed by atoms with Crippen molar-refractivity contribution in [3.8, 4) is 0 Å². The molecule has 0 bridgehead atoms. The maximum Gasteiger partial charge on any atom is 0.265 e. The number of hydrogen-bond donors (Lipinski definition) is 2. The van der Waals surface area contributed by atoms with Crippen molar-refractivity contribution in [1.29, 1.82) is 0 Å². The minimum Gasteiger partial charge on any atom is -0.370 e. The van der Waals surface area contributed by atoms with Gasteiger partial charge in [-0.05, 0) is 55.6 Å². The lowest BCUT2D eigenvalue weighted by molar-refractivity contribution is -0.125. The van der Waals surface area contributed by atoms with Crippen LogP contribution in [0.15, 0.2) is 30.3 Å². The molecular weight excluding hydrogens is 526 g/mol. The highest BCUT2D eigenvalue weighted by Crippen LogP contribution is 2.33. The van der Waals surface area contributed by atoms with Crippen molar-refractivity contribution < 1.29 is 27.9 Å². The predicted molar refractivity (Wildman–Crippen MR) is 139 cm³/mol. The van der Waals surface area contributed by atoms with Crippen LogP contribution in [0.2, 0.25) is 4.34 Å². The van der Waals surface area contributed by atoms with Gasteiger partial charge in [0.25, 0.3) is 18.2 Å². The third-order valence-electron chi connectivity index (χ3n) is 6.42. The smallest absolute Gasteiger partial charge is 0.265 e. The first-order chi connectivity index (χ1) is 17.8. The van der Waals surface area contributed by atoms with E-state index in [0.29, 0.717) is 40.5 Å². The van der Waals surface area contributed by atoms with Crippen molar-refractivity contribution in [3.63, 3.8) is 0 Å². The van der Waals surface area contributed by atoms with E-state index in [4.69, 9.17) is 16.3 Å². The molecule has 0 unspecified atom stereocenters. The molecule has 1 aliphatic heterocycles. The summed E-state index contributed by atoms with van der Waals surface area (Å²) < 4.78 is 33.6. The molecule has 200 valence electrons. The lowest BCUT2D eigenvalue weighted by Crippen LogP contribution is -2.51. The van der Waals surface area contributed by atoms with Gasteiger partial charge in [-0.2, -0.15) is 0 Å². The van der Waals surface area contributed by atoms with E-state index in [2.05, 4.69) is 10.6 Å². The highest BCUT2D eigenvalue weighted by Gasteiger charge is 2.32. The van der Waals surface area contributed by atoms with Crippen molar-refractivity contribution in [2.75, 3.05) is 49.6 Å². The monoisotopic (exact) mass is 554 g/mol. The summed E-state index contributed by atoms with van der Waals surface area (Å²) in [5.41, 5.74) is -0.0939. The third kappa shape index (κ3) is 7.04. The van der Waals surface area contributed by atoms with Crippen LogP contribution in [-0.4, -0.2) is 68.1 Å². The molecule has 1 aromatic heterocycles. The molecule has 0 spiro atoms. The fourth-order valence-corrected chi connectivity index (χ4v) is 5.19. The molecule has 1 saturated carbocycles. The Kier molecular flexibility index (Phi) is 9.12. The van der Waals surface area contributed by atoms with Crippen molar-refractivity contribution in [2.24, 2.45) is 5.92 Å². The van der Waals surface area contributed by atoms with E-state index < -0.39 is 18.4 Å². The van der Waals surface area contributed by atoms with Crippen molar-refractivity contribution in [2.45, 2.75) is 32.2 Å². The number of carbonyl (C=O) groups excluding carboxylic acids is 3. The number of ether oxygens (including phenoxy) is 1. The van der Waals surface area contributed by atoms with Gasteiger partial charge in [0, 0.05) is 36.6 Å². The molecule has 2 heterocycles. The van der Waals surface area contributed by atoms with Crippen molar-refractivity contribution in [3.05, 3.63) is 45.1 Å². The topological polar surface area (TPSA) is 91.0 Å². The molecule has 37 heavy (non-hydrogen) atoms. The molecule has 8 nitrogen and oxygen atoms in total. The predicted octanol–water partition coefficient (Wildman–Crippen LogP) is 4.17. The summed E-state index contributed by atoms with van der Waals surface area (Å²) in [5, 5.41) is 5.44. The first-order valence-electron chi connectivity index (χ1n) is 12.2. The quantitative estimate of drug-likeness (QED) is 0.435. The Hall–Kier alpha value is -2.60. The van der Waals surface area contributed by atoms with Crippen LogP contribution in [0.25, 0.3) is 0 Å². The number of likely N-dealkylation sites (N-methyl/N-ethyl adjacent to an activating group) is 1. The maximum absolute atomic E-state index is 14.0. The summed E-state index contributed by atoms with van der Waals surface area (Å²) in [5.74, 6) is -0.692. The van der Waals surface area contributed by atoms with Gasteiger partial charge in [-0.1, -0.05) is 18.5 Å². The largest absolute Gasteiger partial charge is 0.370 e. The maximum atomic E-state index is 14.0. The lowest BCUT2D eigenvalue weighted by atomic mass is 10.1. The molecule has 2 aromatic rings. The van der Waals surface area contributed by atoms with E-state index >= 15 is 0 Å². The fourth-order valence-electron chi connectivity index (χ4n) is 4.23. The van der Waals surface area contributed by atoms with E-state index in [9.17, 15) is 23.2 Å². The summed E-state index contributed by atoms with van der Waals surface area (Å²) in [6.07, 6.45) is -0.730. The van der Waals surface area contributed by atoms with Crippen LogP contribution in [0.1, 0.15) is 41.4 Å². The Morgan fingerprint density at radius 3 is 2.68 bits per heavy atom. The normalized spacial score (nSPS) is 16.8. The SMILES string of the molecule is CCN(CC1CC1)[C@@H](CNC(=O)c1ccc(Cl)s1)C(=O)Nc1ccc(N2CCOCC2=O)cc1C(F)F. The van der Waals surface area contributed by atoms with Gasteiger partial charge in [0.2, 0.25) is 5.91 Å². The number of amides is 3. The molecule has 4 rings (SSSR count). The van der Waals surface area contributed by atoms with E-state index in [-0.39, 0.29) is 42.8 Å². The van der Waals surface area contributed by atoms with E-state index in [1.54, 1.807) is 12.1 Å². The average Bonchev–Trinajstić information content (AvgIpc) is 3.60. The van der Waals surface area contributed by atoms with Gasteiger partial charge in [0.1, 0.15) is 12.6 Å². The summed E-state index contributed by atoms with van der Waals surface area (Å²) >= 11 is 7.06. The molecule has 2 fully saturated rings. The second-order valence-electron chi connectivity index (χ2n) is 9.02.